The van der Waals surface area contributed by atoms with Crippen molar-refractivity contribution in [3.63, 3.8) is 0 Å². The summed E-state index contributed by atoms with van der Waals surface area (Å²) in [6.07, 6.45) is 16.1. The Morgan fingerprint density at radius 2 is 1.25 bits per heavy atom. The largest absolute Gasteiger partial charge is 0.457 e. The van der Waals surface area contributed by atoms with Crippen LogP contribution in [0, 0.1) is 0 Å². The number of carbonyl (C=O) groups excluding carboxylic acids is 1. The Balaban J connectivity index is 3.29. The van der Waals surface area contributed by atoms with Crippen LogP contribution in [-0.4, -0.2) is 47.2 Å². The van der Waals surface area contributed by atoms with Gasteiger partial charge in [0.25, 0.3) is 0 Å². The van der Waals surface area contributed by atoms with Crippen LogP contribution >= 0.6 is 0 Å². The molecule has 24 heavy (non-hydrogen) atoms. The van der Waals surface area contributed by atoms with Gasteiger partial charge in [0.15, 0.2) is 0 Å². The number of aliphatic hydroxyl groups is 3. The molecule has 0 heterocycles. The Bertz CT molecular complexity index is 300. The molecule has 0 amide bonds. The number of aliphatic hydroxyl groups excluding tert-OH is 3. The van der Waals surface area contributed by atoms with Crippen LogP contribution in [0.3, 0.4) is 0 Å². The predicted molar refractivity (Wildman–Crippen MR) is 95.7 cm³/mol. The molecule has 0 fully saturated rings. The normalized spacial score (nSPS) is 11.5. The summed E-state index contributed by atoms with van der Waals surface area (Å²) in [5.41, 5.74) is 0. The van der Waals surface area contributed by atoms with E-state index in [4.69, 9.17) is 20.1 Å². The van der Waals surface area contributed by atoms with Crippen molar-refractivity contribution in [2.24, 2.45) is 0 Å². The lowest BCUT2D eigenvalue weighted by molar-refractivity contribution is -0.153. The number of esters is 1. The highest BCUT2D eigenvalue weighted by atomic mass is 16.6. The number of unbranched alkanes of at least 4 members (excludes halogenated alkanes) is 9. The van der Waals surface area contributed by atoms with Gasteiger partial charge < -0.3 is 20.1 Å². The minimum absolute atomic E-state index is 0.308. The first kappa shape index (κ1) is 23.1. The lowest BCUT2D eigenvalue weighted by Gasteiger charge is -2.12. The predicted octanol–water partition coefficient (Wildman–Crippen LogP) is 3.11. The van der Waals surface area contributed by atoms with Gasteiger partial charge in [-0.15, -0.1) is 0 Å². The molecule has 3 N–H and O–H groups in total. The molecule has 0 atom stereocenters. The highest BCUT2D eigenvalue weighted by Crippen LogP contribution is 2.09. The maximum atomic E-state index is 11.4. The van der Waals surface area contributed by atoms with Crippen molar-refractivity contribution in [2.75, 3.05) is 19.8 Å². The van der Waals surface area contributed by atoms with Gasteiger partial charge in [-0.1, -0.05) is 44.3 Å². The van der Waals surface area contributed by atoms with E-state index in [0.29, 0.717) is 13.0 Å². The summed E-state index contributed by atoms with van der Waals surface area (Å²) in [5.74, 6) is -0.343. The molecule has 0 saturated carbocycles. The van der Waals surface area contributed by atoms with E-state index in [1.807, 2.05) is 0 Å². The first-order chi connectivity index (χ1) is 11.7. The Kier molecular flexibility index (Phi) is 17.7. The quantitative estimate of drug-likeness (QED) is 0.214. The zero-order chi connectivity index (χ0) is 17.9. The molecule has 0 unspecified atom stereocenters. The zero-order valence-electron chi connectivity index (χ0n) is 15.0. The number of ether oxygens (including phenoxy) is 1. The number of hydrogen-bond acceptors (Lipinski definition) is 5. The Labute approximate surface area is 146 Å². The topological polar surface area (TPSA) is 87.0 Å². The Hall–Kier alpha value is -0.910. The monoisotopic (exact) mass is 344 g/mol. The SMILES string of the molecule is O=C(CCCCCCC/C=C\CCCCCCO)OC(CO)CO. The van der Waals surface area contributed by atoms with Crippen LogP contribution in [0.15, 0.2) is 12.2 Å². The summed E-state index contributed by atoms with van der Waals surface area (Å²) in [6, 6.07) is 0. The molecule has 5 heteroatoms. The Morgan fingerprint density at radius 1 is 0.750 bits per heavy atom. The van der Waals surface area contributed by atoms with Gasteiger partial charge in [-0.25, -0.2) is 0 Å². The van der Waals surface area contributed by atoms with Crippen molar-refractivity contribution < 1.29 is 24.9 Å². The van der Waals surface area contributed by atoms with Crippen LogP contribution in [0.5, 0.6) is 0 Å². The van der Waals surface area contributed by atoms with Gasteiger partial charge in [0.05, 0.1) is 13.2 Å². The van der Waals surface area contributed by atoms with Gasteiger partial charge in [-0.2, -0.15) is 0 Å². The second kappa shape index (κ2) is 18.4. The van der Waals surface area contributed by atoms with Crippen LogP contribution in [0.25, 0.3) is 0 Å². The van der Waals surface area contributed by atoms with E-state index in [-0.39, 0.29) is 19.2 Å². The smallest absolute Gasteiger partial charge is 0.306 e. The molecule has 0 aromatic heterocycles. The molecule has 0 aromatic carbocycles. The molecule has 0 saturated heterocycles. The van der Waals surface area contributed by atoms with Gasteiger partial charge in [0.1, 0.15) is 6.10 Å². The molecule has 142 valence electrons. The first-order valence-corrected chi connectivity index (χ1v) is 9.41. The van der Waals surface area contributed by atoms with E-state index in [2.05, 4.69) is 12.2 Å². The van der Waals surface area contributed by atoms with Crippen molar-refractivity contribution in [1.29, 1.82) is 0 Å². The fraction of sp³-hybridized carbons (Fsp3) is 0.842. The van der Waals surface area contributed by atoms with E-state index in [1.165, 1.54) is 25.7 Å². The summed E-state index contributed by atoms with van der Waals surface area (Å²) in [7, 11) is 0. The maximum absolute atomic E-state index is 11.4. The second-order valence-electron chi connectivity index (χ2n) is 6.18. The number of hydrogen-bond donors (Lipinski definition) is 3. The minimum Gasteiger partial charge on any atom is -0.457 e. The average molecular weight is 344 g/mol. The van der Waals surface area contributed by atoms with E-state index in [9.17, 15) is 4.79 Å². The lowest BCUT2D eigenvalue weighted by Crippen LogP contribution is -2.25. The van der Waals surface area contributed by atoms with Crippen LogP contribution in [0.2, 0.25) is 0 Å². The van der Waals surface area contributed by atoms with Gasteiger partial charge in [0, 0.05) is 13.0 Å². The summed E-state index contributed by atoms with van der Waals surface area (Å²) < 4.78 is 4.90. The fourth-order valence-corrected chi connectivity index (χ4v) is 2.40. The van der Waals surface area contributed by atoms with Gasteiger partial charge in [-0.05, 0) is 38.5 Å². The third-order valence-electron chi connectivity index (χ3n) is 3.90. The third kappa shape index (κ3) is 16.0. The molecule has 0 aliphatic rings. The number of rotatable bonds is 17. The van der Waals surface area contributed by atoms with Gasteiger partial charge in [-0.3, -0.25) is 4.79 Å². The molecule has 5 nitrogen and oxygen atoms in total. The van der Waals surface area contributed by atoms with E-state index < -0.39 is 6.10 Å². The Morgan fingerprint density at radius 3 is 1.79 bits per heavy atom. The number of carbonyl (C=O) groups is 1. The van der Waals surface area contributed by atoms with Gasteiger partial charge in [0.2, 0.25) is 0 Å². The molecule has 0 rings (SSSR count). The third-order valence-corrected chi connectivity index (χ3v) is 3.90. The summed E-state index contributed by atoms with van der Waals surface area (Å²) in [5, 5.41) is 26.3. The molecular formula is C19H36O5. The summed E-state index contributed by atoms with van der Waals surface area (Å²) >= 11 is 0. The van der Waals surface area contributed by atoms with Crippen LogP contribution < -0.4 is 0 Å². The van der Waals surface area contributed by atoms with E-state index in [1.54, 1.807) is 0 Å². The molecule has 0 bridgehead atoms. The molecule has 0 radical (unpaired) electrons. The lowest BCUT2D eigenvalue weighted by atomic mass is 10.1. The first-order valence-electron chi connectivity index (χ1n) is 9.41. The van der Waals surface area contributed by atoms with Crippen molar-refractivity contribution in [1.82, 2.24) is 0 Å². The van der Waals surface area contributed by atoms with E-state index >= 15 is 0 Å². The van der Waals surface area contributed by atoms with Crippen molar-refractivity contribution in [3.8, 4) is 0 Å². The molecule has 0 aliphatic carbocycles. The van der Waals surface area contributed by atoms with Crippen LogP contribution in [-0.2, 0) is 9.53 Å². The fourth-order valence-electron chi connectivity index (χ4n) is 2.40. The van der Waals surface area contributed by atoms with Gasteiger partial charge >= 0.3 is 5.97 Å². The van der Waals surface area contributed by atoms with Crippen molar-refractivity contribution >= 4 is 5.97 Å². The van der Waals surface area contributed by atoms with E-state index in [0.717, 1.165) is 44.9 Å². The average Bonchev–Trinajstić information content (AvgIpc) is 2.60. The van der Waals surface area contributed by atoms with Crippen LogP contribution in [0.4, 0.5) is 0 Å². The standard InChI is InChI=1S/C19H36O5/c20-15-13-11-9-7-5-3-1-2-4-6-8-10-12-14-19(23)24-18(16-21)17-22/h1,3,18,20-22H,2,4-17H2/b3-1-. The molecule has 0 aromatic rings. The summed E-state index contributed by atoms with van der Waals surface area (Å²) in [4.78, 5) is 11.4. The number of allylic oxidation sites excluding steroid dienone is 2. The van der Waals surface area contributed by atoms with Crippen LogP contribution in [0.1, 0.15) is 77.0 Å². The second-order valence-corrected chi connectivity index (χ2v) is 6.18. The highest BCUT2D eigenvalue weighted by molar-refractivity contribution is 5.69. The van der Waals surface area contributed by atoms with Crippen molar-refractivity contribution in [3.05, 3.63) is 12.2 Å². The molecular weight excluding hydrogens is 308 g/mol. The molecule has 0 spiro atoms. The highest BCUT2D eigenvalue weighted by Gasteiger charge is 2.11. The minimum atomic E-state index is -0.779. The maximum Gasteiger partial charge on any atom is 0.306 e. The van der Waals surface area contributed by atoms with Crippen molar-refractivity contribution in [2.45, 2.75) is 83.2 Å². The summed E-state index contributed by atoms with van der Waals surface area (Å²) in [6.45, 7) is -0.361. The zero-order valence-corrected chi connectivity index (χ0v) is 15.0. The molecule has 0 aliphatic heterocycles.